The Morgan fingerprint density at radius 2 is 1.07 bits per heavy atom. The molecule has 0 bridgehead atoms. The van der Waals surface area contributed by atoms with Gasteiger partial charge in [0.15, 0.2) is 9.76 Å². The van der Waals surface area contributed by atoms with Crippen molar-refractivity contribution in [2.45, 2.75) is 92.2 Å². The third-order valence-electron chi connectivity index (χ3n) is 5.75. The zero-order valence-electron chi connectivity index (χ0n) is 20.3. The highest BCUT2D eigenvalue weighted by Gasteiger charge is 2.09. The van der Waals surface area contributed by atoms with Crippen LogP contribution in [-0.2, 0) is 4.43 Å². The van der Waals surface area contributed by atoms with E-state index < -0.39 is 0 Å². The molecule has 0 aromatic carbocycles. The Morgan fingerprint density at radius 1 is 0.607 bits per heavy atom. The predicted molar refractivity (Wildman–Crippen MR) is 129 cm³/mol. The molecule has 0 saturated carbocycles. The SMILES string of the molecule is CCCN(CC)CCCN(CCCN(CC)CCC)CC[SiH2]OC(CC)CC. The van der Waals surface area contributed by atoms with Crippen molar-refractivity contribution in [3.05, 3.63) is 0 Å². The molecule has 0 saturated heterocycles. The van der Waals surface area contributed by atoms with Crippen molar-refractivity contribution in [2.75, 3.05) is 58.9 Å². The van der Waals surface area contributed by atoms with Gasteiger partial charge in [-0.15, -0.1) is 0 Å². The van der Waals surface area contributed by atoms with Gasteiger partial charge in [-0.2, -0.15) is 0 Å². The molecule has 0 N–H and O–H groups in total. The molecule has 0 aromatic rings. The molecule has 0 aliphatic heterocycles. The fraction of sp³-hybridized carbons (Fsp3) is 1.00. The molecule has 0 amide bonds. The zero-order valence-corrected chi connectivity index (χ0v) is 21.8. The van der Waals surface area contributed by atoms with Crippen molar-refractivity contribution in [2.24, 2.45) is 0 Å². The average Bonchev–Trinajstić information content (AvgIpc) is 2.71. The van der Waals surface area contributed by atoms with E-state index in [9.17, 15) is 0 Å². The zero-order chi connectivity index (χ0) is 21.0. The number of nitrogens with zero attached hydrogens (tertiary/aromatic N) is 3. The lowest BCUT2D eigenvalue weighted by molar-refractivity contribution is 0.195. The van der Waals surface area contributed by atoms with E-state index in [1.807, 2.05) is 0 Å². The summed E-state index contributed by atoms with van der Waals surface area (Å²) in [6.45, 7) is 24.8. The van der Waals surface area contributed by atoms with Gasteiger partial charge in [0.2, 0.25) is 0 Å². The summed E-state index contributed by atoms with van der Waals surface area (Å²) < 4.78 is 6.17. The lowest BCUT2D eigenvalue weighted by Crippen LogP contribution is -2.34. The van der Waals surface area contributed by atoms with E-state index in [-0.39, 0.29) is 9.76 Å². The Morgan fingerprint density at radius 3 is 1.46 bits per heavy atom. The average molecular weight is 416 g/mol. The lowest BCUT2D eigenvalue weighted by Gasteiger charge is -2.27. The third kappa shape index (κ3) is 15.0. The van der Waals surface area contributed by atoms with E-state index in [2.05, 4.69) is 56.2 Å². The van der Waals surface area contributed by atoms with Crippen LogP contribution in [0.25, 0.3) is 0 Å². The molecule has 170 valence electrons. The van der Waals surface area contributed by atoms with Crippen molar-refractivity contribution >= 4 is 9.76 Å². The van der Waals surface area contributed by atoms with Crippen LogP contribution in [0.2, 0.25) is 6.04 Å². The van der Waals surface area contributed by atoms with Crippen LogP contribution in [0, 0.1) is 0 Å². The first-order valence-electron chi connectivity index (χ1n) is 12.4. The normalized spacial score (nSPS) is 12.6. The minimum Gasteiger partial charge on any atom is -0.421 e. The summed E-state index contributed by atoms with van der Waals surface area (Å²) in [5.41, 5.74) is 0. The number of hydrogen-bond acceptors (Lipinski definition) is 4. The summed E-state index contributed by atoms with van der Waals surface area (Å²) in [5.74, 6) is 0. The third-order valence-corrected chi connectivity index (χ3v) is 7.07. The summed E-state index contributed by atoms with van der Waals surface area (Å²) in [6.07, 6.45) is 7.98. The van der Waals surface area contributed by atoms with Gasteiger partial charge in [0.25, 0.3) is 0 Å². The van der Waals surface area contributed by atoms with Crippen LogP contribution >= 0.6 is 0 Å². The summed E-state index contributed by atoms with van der Waals surface area (Å²) in [4.78, 5) is 7.93. The van der Waals surface area contributed by atoms with Gasteiger partial charge < -0.3 is 19.1 Å². The van der Waals surface area contributed by atoms with Crippen molar-refractivity contribution in [1.29, 1.82) is 0 Å². The quantitative estimate of drug-likeness (QED) is 0.206. The van der Waals surface area contributed by atoms with E-state index in [0.29, 0.717) is 6.10 Å². The Balaban J connectivity index is 4.31. The fourth-order valence-corrected chi connectivity index (χ4v) is 5.47. The van der Waals surface area contributed by atoms with Crippen molar-refractivity contribution in [1.82, 2.24) is 14.7 Å². The largest absolute Gasteiger partial charge is 0.421 e. The van der Waals surface area contributed by atoms with Crippen LogP contribution in [0.5, 0.6) is 0 Å². The van der Waals surface area contributed by atoms with E-state index >= 15 is 0 Å². The second-order valence-electron chi connectivity index (χ2n) is 8.08. The standard InChI is InChI=1S/C23H53N3OSi/c1-7-15-24(11-5)17-13-19-26(20-14-18-25(12-6)16-8-2)21-22-28-27-23(9-3)10-4/h23H,7-22,28H2,1-6H3. The van der Waals surface area contributed by atoms with Gasteiger partial charge in [-0.3, -0.25) is 0 Å². The molecular formula is C23H53N3OSi. The molecule has 0 aliphatic carbocycles. The predicted octanol–water partition coefficient (Wildman–Crippen LogP) is 4.24. The van der Waals surface area contributed by atoms with Crippen LogP contribution in [0.15, 0.2) is 0 Å². The van der Waals surface area contributed by atoms with E-state index in [1.165, 1.54) is 103 Å². The van der Waals surface area contributed by atoms with Crippen LogP contribution < -0.4 is 0 Å². The van der Waals surface area contributed by atoms with E-state index in [0.717, 1.165) is 0 Å². The molecule has 5 heteroatoms. The Kier molecular flexibility index (Phi) is 20.4. The maximum absolute atomic E-state index is 6.17. The van der Waals surface area contributed by atoms with Crippen LogP contribution in [0.1, 0.15) is 80.1 Å². The van der Waals surface area contributed by atoms with Crippen LogP contribution in [0.4, 0.5) is 0 Å². The molecule has 0 atom stereocenters. The molecule has 28 heavy (non-hydrogen) atoms. The van der Waals surface area contributed by atoms with Gasteiger partial charge in [-0.25, -0.2) is 0 Å². The van der Waals surface area contributed by atoms with Gasteiger partial charge in [0.05, 0.1) is 0 Å². The Hall–Kier alpha value is 0.0569. The molecule has 0 aliphatic rings. The van der Waals surface area contributed by atoms with E-state index in [4.69, 9.17) is 4.43 Å². The molecule has 0 aromatic heterocycles. The molecule has 0 rings (SSSR count). The fourth-order valence-electron chi connectivity index (χ4n) is 3.92. The molecule has 0 spiro atoms. The summed E-state index contributed by atoms with van der Waals surface area (Å²) in [7, 11) is -0.366. The summed E-state index contributed by atoms with van der Waals surface area (Å²) in [6, 6.07) is 1.30. The maximum atomic E-state index is 6.17. The monoisotopic (exact) mass is 415 g/mol. The first-order valence-corrected chi connectivity index (χ1v) is 14.0. The van der Waals surface area contributed by atoms with Gasteiger partial charge in [0.1, 0.15) is 0 Å². The second kappa shape index (κ2) is 20.3. The highest BCUT2D eigenvalue weighted by Crippen LogP contribution is 2.05. The van der Waals surface area contributed by atoms with Crippen LogP contribution in [-0.4, -0.2) is 89.5 Å². The van der Waals surface area contributed by atoms with E-state index in [1.54, 1.807) is 0 Å². The minimum absolute atomic E-state index is 0.366. The smallest absolute Gasteiger partial charge is 0.163 e. The minimum atomic E-state index is -0.366. The number of hydrogen-bond donors (Lipinski definition) is 0. The highest BCUT2D eigenvalue weighted by atomic mass is 28.2. The number of rotatable bonds is 21. The summed E-state index contributed by atoms with van der Waals surface area (Å²) in [5, 5.41) is 0. The molecule has 0 unspecified atom stereocenters. The Bertz CT molecular complexity index is 296. The first-order chi connectivity index (χ1) is 13.6. The van der Waals surface area contributed by atoms with Crippen molar-refractivity contribution < 1.29 is 4.43 Å². The van der Waals surface area contributed by atoms with Gasteiger partial charge >= 0.3 is 0 Å². The van der Waals surface area contributed by atoms with Crippen molar-refractivity contribution in [3.8, 4) is 0 Å². The van der Waals surface area contributed by atoms with Crippen molar-refractivity contribution in [3.63, 3.8) is 0 Å². The summed E-state index contributed by atoms with van der Waals surface area (Å²) >= 11 is 0. The first kappa shape index (κ1) is 28.1. The maximum Gasteiger partial charge on any atom is 0.163 e. The highest BCUT2D eigenvalue weighted by molar-refractivity contribution is 6.27. The van der Waals surface area contributed by atoms with Gasteiger partial charge in [-0.05, 0) is 103 Å². The molecule has 4 nitrogen and oxygen atoms in total. The van der Waals surface area contributed by atoms with Gasteiger partial charge in [-0.1, -0.05) is 41.5 Å². The lowest BCUT2D eigenvalue weighted by atomic mass is 10.2. The topological polar surface area (TPSA) is 19.0 Å². The molecule has 0 heterocycles. The molecular weight excluding hydrogens is 362 g/mol. The van der Waals surface area contributed by atoms with Gasteiger partial charge in [0, 0.05) is 6.10 Å². The molecule has 0 fully saturated rings. The van der Waals surface area contributed by atoms with Crippen LogP contribution in [0.3, 0.4) is 0 Å². The second-order valence-corrected chi connectivity index (χ2v) is 9.53. The molecule has 0 radical (unpaired) electrons. The Labute approximate surface area is 180 Å².